The highest BCUT2D eigenvalue weighted by atomic mass is 32.2. The minimum absolute atomic E-state index is 0.0273. The Morgan fingerprint density at radius 1 is 1.25 bits per heavy atom. The van der Waals surface area contributed by atoms with Gasteiger partial charge in [0, 0.05) is 24.2 Å². The largest absolute Gasteiger partial charge is 0.316 e. The number of hydrogen-bond donors (Lipinski definition) is 2. The standard InChI is InChI=1S/C12H16N4O2S2/c1-9-11(19-8-15-9)7-16-20(17,18)12-4-3-10(5-13-2)6-14-12/h3-4,6,8,13,16H,5,7H2,1-2H3. The summed E-state index contributed by atoms with van der Waals surface area (Å²) in [5.74, 6) is 0. The highest BCUT2D eigenvalue weighted by molar-refractivity contribution is 7.89. The first-order valence-electron chi connectivity index (χ1n) is 6.01. The van der Waals surface area contributed by atoms with Crippen LogP contribution in [0.15, 0.2) is 28.9 Å². The van der Waals surface area contributed by atoms with Crippen LogP contribution in [0.1, 0.15) is 16.1 Å². The lowest BCUT2D eigenvalue weighted by Crippen LogP contribution is -2.24. The average Bonchev–Trinajstić information content (AvgIpc) is 2.83. The molecule has 0 saturated heterocycles. The number of aromatic nitrogens is 2. The van der Waals surface area contributed by atoms with Crippen molar-refractivity contribution < 1.29 is 8.42 Å². The van der Waals surface area contributed by atoms with Crippen molar-refractivity contribution in [3.05, 3.63) is 40.0 Å². The Labute approximate surface area is 122 Å². The van der Waals surface area contributed by atoms with Gasteiger partial charge in [0.1, 0.15) is 0 Å². The molecule has 2 N–H and O–H groups in total. The monoisotopic (exact) mass is 312 g/mol. The smallest absolute Gasteiger partial charge is 0.258 e. The SMILES string of the molecule is CNCc1ccc(S(=O)(=O)NCc2scnc2C)nc1. The minimum atomic E-state index is -3.59. The summed E-state index contributed by atoms with van der Waals surface area (Å²) in [6.07, 6.45) is 1.56. The summed E-state index contributed by atoms with van der Waals surface area (Å²) >= 11 is 1.43. The van der Waals surface area contributed by atoms with Crippen LogP contribution in [0.3, 0.4) is 0 Å². The summed E-state index contributed by atoms with van der Waals surface area (Å²) in [6, 6.07) is 3.25. The zero-order valence-corrected chi connectivity index (χ0v) is 12.9. The van der Waals surface area contributed by atoms with Gasteiger partial charge in [-0.05, 0) is 25.6 Å². The van der Waals surface area contributed by atoms with E-state index >= 15 is 0 Å². The molecular formula is C12H16N4O2S2. The van der Waals surface area contributed by atoms with Gasteiger partial charge in [0.2, 0.25) is 0 Å². The van der Waals surface area contributed by atoms with Gasteiger partial charge in [-0.25, -0.2) is 23.1 Å². The number of nitrogens with zero attached hydrogens (tertiary/aromatic N) is 2. The maximum absolute atomic E-state index is 12.1. The fraction of sp³-hybridized carbons (Fsp3) is 0.333. The lowest BCUT2D eigenvalue weighted by atomic mass is 10.3. The Morgan fingerprint density at radius 2 is 2.05 bits per heavy atom. The van der Waals surface area contributed by atoms with E-state index in [1.54, 1.807) is 17.8 Å². The Balaban J connectivity index is 2.08. The first-order chi connectivity index (χ1) is 9.53. The molecule has 0 aliphatic rings. The second-order valence-electron chi connectivity index (χ2n) is 4.22. The lowest BCUT2D eigenvalue weighted by Gasteiger charge is -2.06. The second kappa shape index (κ2) is 6.40. The van der Waals surface area contributed by atoms with Gasteiger partial charge in [0.15, 0.2) is 5.03 Å². The second-order valence-corrected chi connectivity index (χ2v) is 6.87. The third-order valence-corrected chi connectivity index (χ3v) is 4.97. The summed E-state index contributed by atoms with van der Waals surface area (Å²) in [4.78, 5) is 8.98. The summed E-state index contributed by atoms with van der Waals surface area (Å²) in [5, 5.41) is 3.01. The molecule has 2 aromatic heterocycles. The summed E-state index contributed by atoms with van der Waals surface area (Å²) < 4.78 is 26.7. The highest BCUT2D eigenvalue weighted by Gasteiger charge is 2.16. The normalized spacial score (nSPS) is 11.7. The lowest BCUT2D eigenvalue weighted by molar-refractivity contribution is 0.577. The zero-order valence-electron chi connectivity index (χ0n) is 11.3. The third kappa shape index (κ3) is 3.60. The molecule has 0 atom stereocenters. The quantitative estimate of drug-likeness (QED) is 0.833. The van der Waals surface area contributed by atoms with Crippen LogP contribution in [0, 0.1) is 6.92 Å². The Kier molecular flexibility index (Phi) is 4.81. The zero-order chi connectivity index (χ0) is 14.6. The van der Waals surface area contributed by atoms with Crippen LogP contribution in [-0.4, -0.2) is 25.4 Å². The summed E-state index contributed by atoms with van der Waals surface area (Å²) in [6.45, 7) is 2.74. The predicted molar refractivity (Wildman–Crippen MR) is 77.9 cm³/mol. The van der Waals surface area contributed by atoms with E-state index in [1.807, 2.05) is 14.0 Å². The van der Waals surface area contributed by atoms with Crippen LogP contribution in [0.2, 0.25) is 0 Å². The highest BCUT2D eigenvalue weighted by Crippen LogP contribution is 2.13. The first kappa shape index (κ1) is 15.0. The van der Waals surface area contributed by atoms with E-state index in [0.717, 1.165) is 16.1 Å². The molecular weight excluding hydrogens is 296 g/mol. The van der Waals surface area contributed by atoms with E-state index in [0.29, 0.717) is 6.54 Å². The molecule has 2 aromatic rings. The van der Waals surface area contributed by atoms with E-state index in [2.05, 4.69) is 20.0 Å². The molecule has 0 bridgehead atoms. The third-order valence-electron chi connectivity index (χ3n) is 2.72. The number of aryl methyl sites for hydroxylation is 1. The fourth-order valence-electron chi connectivity index (χ4n) is 1.61. The Bertz CT molecular complexity index is 665. The van der Waals surface area contributed by atoms with Crippen molar-refractivity contribution >= 4 is 21.4 Å². The molecule has 0 aromatic carbocycles. The maximum Gasteiger partial charge on any atom is 0.258 e. The summed E-state index contributed by atoms with van der Waals surface area (Å²) in [7, 11) is -1.76. The molecule has 20 heavy (non-hydrogen) atoms. The van der Waals surface area contributed by atoms with Crippen molar-refractivity contribution in [1.29, 1.82) is 0 Å². The number of nitrogens with one attached hydrogen (secondary N) is 2. The molecule has 0 fully saturated rings. The topological polar surface area (TPSA) is 84.0 Å². The molecule has 0 aliphatic carbocycles. The van der Waals surface area contributed by atoms with Gasteiger partial charge in [-0.15, -0.1) is 11.3 Å². The van der Waals surface area contributed by atoms with E-state index in [4.69, 9.17) is 0 Å². The van der Waals surface area contributed by atoms with Crippen LogP contribution in [0.25, 0.3) is 0 Å². The van der Waals surface area contributed by atoms with Crippen molar-refractivity contribution in [3.63, 3.8) is 0 Å². The van der Waals surface area contributed by atoms with Gasteiger partial charge in [-0.2, -0.15) is 0 Å². The summed E-state index contributed by atoms with van der Waals surface area (Å²) in [5.41, 5.74) is 3.48. The van der Waals surface area contributed by atoms with E-state index in [-0.39, 0.29) is 11.6 Å². The van der Waals surface area contributed by atoms with Crippen LogP contribution >= 0.6 is 11.3 Å². The number of pyridine rings is 1. The molecule has 2 rings (SSSR count). The molecule has 0 amide bonds. The molecule has 6 nitrogen and oxygen atoms in total. The molecule has 0 radical (unpaired) electrons. The van der Waals surface area contributed by atoms with Gasteiger partial charge >= 0.3 is 0 Å². The number of sulfonamides is 1. The van der Waals surface area contributed by atoms with Crippen LogP contribution in [-0.2, 0) is 23.1 Å². The van der Waals surface area contributed by atoms with E-state index < -0.39 is 10.0 Å². The minimum Gasteiger partial charge on any atom is -0.316 e. The first-order valence-corrected chi connectivity index (χ1v) is 8.37. The van der Waals surface area contributed by atoms with Crippen LogP contribution in [0.5, 0.6) is 0 Å². The predicted octanol–water partition coefficient (Wildman–Crippen LogP) is 1.04. The molecule has 0 spiro atoms. The van der Waals surface area contributed by atoms with Crippen molar-refractivity contribution in [2.45, 2.75) is 25.0 Å². The van der Waals surface area contributed by atoms with Crippen molar-refractivity contribution in [1.82, 2.24) is 20.0 Å². The molecule has 0 unspecified atom stereocenters. The fourth-order valence-corrected chi connectivity index (χ4v) is 3.34. The van der Waals surface area contributed by atoms with Crippen LogP contribution < -0.4 is 10.0 Å². The average molecular weight is 312 g/mol. The van der Waals surface area contributed by atoms with Gasteiger partial charge in [0.25, 0.3) is 10.0 Å². The molecule has 8 heteroatoms. The molecule has 108 valence electrons. The number of hydrogen-bond acceptors (Lipinski definition) is 6. The number of thiazole rings is 1. The number of rotatable bonds is 6. The Morgan fingerprint density at radius 3 is 2.60 bits per heavy atom. The van der Waals surface area contributed by atoms with Crippen molar-refractivity contribution in [2.24, 2.45) is 0 Å². The molecule has 2 heterocycles. The molecule has 0 saturated carbocycles. The van der Waals surface area contributed by atoms with Crippen molar-refractivity contribution in [3.8, 4) is 0 Å². The van der Waals surface area contributed by atoms with Gasteiger partial charge in [-0.3, -0.25) is 0 Å². The van der Waals surface area contributed by atoms with E-state index in [1.165, 1.54) is 17.4 Å². The molecule has 0 aliphatic heterocycles. The van der Waals surface area contributed by atoms with Crippen molar-refractivity contribution in [2.75, 3.05) is 7.05 Å². The van der Waals surface area contributed by atoms with Gasteiger partial charge in [0.05, 0.1) is 11.2 Å². The van der Waals surface area contributed by atoms with Gasteiger partial charge in [-0.1, -0.05) is 6.07 Å². The van der Waals surface area contributed by atoms with E-state index in [9.17, 15) is 8.42 Å². The van der Waals surface area contributed by atoms with Gasteiger partial charge < -0.3 is 5.32 Å². The Hall–Kier alpha value is -1.35. The maximum atomic E-state index is 12.1. The van der Waals surface area contributed by atoms with Crippen LogP contribution in [0.4, 0.5) is 0 Å².